The first-order valence-corrected chi connectivity index (χ1v) is 7.32. The molecule has 0 radical (unpaired) electrons. The standard InChI is InChI=1S/C17H20F3NO3/c1-5-23-14-9-8-13(17(18,19)20)11-12(14)7-6-10-21-15(22)24-16(2,3)4/h8-9,11H,5,10H2,1-4H3,(H,21,22). The Balaban J connectivity index is 2.84. The number of halogens is 3. The van der Waals surface area contributed by atoms with Crippen LogP contribution in [0, 0.1) is 11.8 Å². The molecule has 24 heavy (non-hydrogen) atoms. The zero-order chi connectivity index (χ0) is 18.4. The van der Waals surface area contributed by atoms with Gasteiger partial charge in [-0.3, -0.25) is 0 Å². The first kappa shape index (κ1) is 19.7. The van der Waals surface area contributed by atoms with Gasteiger partial charge in [0.2, 0.25) is 0 Å². The quantitative estimate of drug-likeness (QED) is 0.845. The number of alkyl halides is 3. The van der Waals surface area contributed by atoms with Gasteiger partial charge in [0.05, 0.1) is 24.3 Å². The van der Waals surface area contributed by atoms with E-state index in [0.29, 0.717) is 6.61 Å². The van der Waals surface area contributed by atoms with Crippen molar-refractivity contribution in [3.05, 3.63) is 29.3 Å². The molecule has 1 rings (SSSR count). The van der Waals surface area contributed by atoms with E-state index < -0.39 is 23.4 Å². The number of hydrogen-bond donors (Lipinski definition) is 1. The number of rotatable bonds is 3. The lowest BCUT2D eigenvalue weighted by atomic mass is 10.1. The maximum Gasteiger partial charge on any atom is 0.416 e. The Morgan fingerprint density at radius 3 is 2.46 bits per heavy atom. The van der Waals surface area contributed by atoms with E-state index in [9.17, 15) is 18.0 Å². The molecule has 1 aromatic rings. The van der Waals surface area contributed by atoms with Gasteiger partial charge in [-0.15, -0.1) is 0 Å². The van der Waals surface area contributed by atoms with Crippen LogP contribution in [-0.2, 0) is 10.9 Å². The smallest absolute Gasteiger partial charge is 0.416 e. The van der Waals surface area contributed by atoms with Gasteiger partial charge in [-0.2, -0.15) is 13.2 Å². The lowest BCUT2D eigenvalue weighted by Crippen LogP contribution is -2.32. The highest BCUT2D eigenvalue weighted by Gasteiger charge is 2.31. The molecule has 0 unspecified atom stereocenters. The minimum absolute atomic E-state index is 0.0588. The summed E-state index contributed by atoms with van der Waals surface area (Å²) >= 11 is 0. The number of nitrogens with one attached hydrogen (secondary N) is 1. The topological polar surface area (TPSA) is 47.6 Å². The van der Waals surface area contributed by atoms with Crippen LogP contribution in [0.15, 0.2) is 18.2 Å². The Kier molecular flexibility index (Phi) is 6.52. The van der Waals surface area contributed by atoms with Gasteiger partial charge in [0.15, 0.2) is 0 Å². The van der Waals surface area contributed by atoms with Crippen molar-refractivity contribution in [2.45, 2.75) is 39.5 Å². The van der Waals surface area contributed by atoms with Crippen molar-refractivity contribution in [2.24, 2.45) is 0 Å². The molecular formula is C17H20F3NO3. The van der Waals surface area contributed by atoms with Crippen molar-refractivity contribution in [2.75, 3.05) is 13.2 Å². The molecule has 0 aliphatic heterocycles. The summed E-state index contributed by atoms with van der Waals surface area (Å²) in [6.07, 6.45) is -5.11. The molecule has 7 heteroatoms. The van der Waals surface area contributed by atoms with Crippen LogP contribution in [0.3, 0.4) is 0 Å². The van der Waals surface area contributed by atoms with Crippen molar-refractivity contribution in [3.8, 4) is 17.6 Å². The van der Waals surface area contributed by atoms with Crippen molar-refractivity contribution in [1.29, 1.82) is 0 Å². The van der Waals surface area contributed by atoms with Crippen LogP contribution in [0.2, 0.25) is 0 Å². The molecule has 0 heterocycles. The summed E-state index contributed by atoms with van der Waals surface area (Å²) in [6, 6.07) is 3.10. The second kappa shape index (κ2) is 7.95. The molecule has 1 N–H and O–H groups in total. The summed E-state index contributed by atoms with van der Waals surface area (Å²) in [6.45, 7) is 7.12. The molecule has 132 valence electrons. The third-order valence-electron chi connectivity index (χ3n) is 2.55. The van der Waals surface area contributed by atoms with Gasteiger partial charge in [-0.05, 0) is 45.9 Å². The van der Waals surface area contributed by atoms with Gasteiger partial charge >= 0.3 is 12.3 Å². The lowest BCUT2D eigenvalue weighted by molar-refractivity contribution is -0.137. The maximum absolute atomic E-state index is 12.8. The third kappa shape index (κ3) is 6.82. The average molecular weight is 343 g/mol. The molecule has 0 saturated carbocycles. The fourth-order valence-corrected chi connectivity index (χ4v) is 1.66. The summed E-state index contributed by atoms with van der Waals surface area (Å²) in [4.78, 5) is 11.5. The molecule has 0 fully saturated rings. The highest BCUT2D eigenvalue weighted by atomic mass is 19.4. The van der Waals surface area contributed by atoms with Gasteiger partial charge < -0.3 is 14.8 Å². The first-order valence-electron chi connectivity index (χ1n) is 7.32. The molecule has 0 aliphatic carbocycles. The van der Waals surface area contributed by atoms with Crippen LogP contribution >= 0.6 is 0 Å². The minimum Gasteiger partial charge on any atom is -0.493 e. The van der Waals surface area contributed by atoms with Gasteiger partial charge in [0, 0.05) is 0 Å². The predicted molar refractivity (Wildman–Crippen MR) is 83.7 cm³/mol. The molecule has 0 saturated heterocycles. The summed E-state index contributed by atoms with van der Waals surface area (Å²) in [7, 11) is 0. The second-order valence-corrected chi connectivity index (χ2v) is 5.80. The Hall–Kier alpha value is -2.36. The zero-order valence-electron chi connectivity index (χ0n) is 14.0. The largest absolute Gasteiger partial charge is 0.493 e. The third-order valence-corrected chi connectivity index (χ3v) is 2.55. The van der Waals surface area contributed by atoms with E-state index in [1.807, 2.05) is 0 Å². The SMILES string of the molecule is CCOc1ccc(C(F)(F)F)cc1C#CCNC(=O)OC(C)(C)C. The summed E-state index contributed by atoms with van der Waals surface area (Å²) in [5.74, 6) is 5.43. The highest BCUT2D eigenvalue weighted by molar-refractivity contribution is 5.68. The minimum atomic E-state index is -4.46. The maximum atomic E-state index is 12.8. The Labute approximate surface area is 139 Å². The van der Waals surface area contributed by atoms with E-state index in [4.69, 9.17) is 9.47 Å². The zero-order valence-corrected chi connectivity index (χ0v) is 14.0. The van der Waals surface area contributed by atoms with Crippen LogP contribution in [0.1, 0.15) is 38.8 Å². The van der Waals surface area contributed by atoms with Gasteiger partial charge in [-0.25, -0.2) is 4.79 Å². The summed E-state index contributed by atoms with van der Waals surface area (Å²) in [5.41, 5.74) is -1.34. The predicted octanol–water partition coefficient (Wildman–Crippen LogP) is 3.98. The van der Waals surface area contributed by atoms with E-state index in [2.05, 4.69) is 17.2 Å². The number of ether oxygens (including phenoxy) is 2. The van der Waals surface area contributed by atoms with Crippen LogP contribution in [-0.4, -0.2) is 24.8 Å². The number of hydrogen-bond acceptors (Lipinski definition) is 3. The summed E-state index contributed by atoms with van der Waals surface area (Å²) in [5, 5.41) is 2.41. The fraction of sp³-hybridized carbons (Fsp3) is 0.471. The van der Waals surface area contributed by atoms with Crippen LogP contribution in [0.25, 0.3) is 0 Å². The molecule has 1 amide bonds. The van der Waals surface area contributed by atoms with E-state index in [-0.39, 0.29) is 17.9 Å². The molecule has 0 spiro atoms. The number of carbonyl (C=O) groups is 1. The van der Waals surface area contributed by atoms with Crippen molar-refractivity contribution in [3.63, 3.8) is 0 Å². The number of carbonyl (C=O) groups excluding carboxylic acids is 1. The number of amides is 1. The summed E-state index contributed by atoms with van der Waals surface area (Å²) < 4.78 is 48.6. The average Bonchev–Trinajstić information content (AvgIpc) is 2.42. The van der Waals surface area contributed by atoms with E-state index in [1.54, 1.807) is 27.7 Å². The van der Waals surface area contributed by atoms with Crippen molar-refractivity contribution >= 4 is 6.09 Å². The Bertz CT molecular complexity index is 637. The van der Waals surface area contributed by atoms with Crippen molar-refractivity contribution < 1.29 is 27.4 Å². The molecule has 0 aliphatic rings. The Morgan fingerprint density at radius 1 is 1.25 bits per heavy atom. The van der Waals surface area contributed by atoms with Gasteiger partial charge in [0.1, 0.15) is 11.4 Å². The van der Waals surface area contributed by atoms with Crippen LogP contribution < -0.4 is 10.1 Å². The molecule has 0 atom stereocenters. The number of benzene rings is 1. The van der Waals surface area contributed by atoms with E-state index in [0.717, 1.165) is 12.1 Å². The second-order valence-electron chi connectivity index (χ2n) is 5.80. The molecule has 0 aromatic heterocycles. The highest BCUT2D eigenvalue weighted by Crippen LogP contribution is 2.32. The molecular weight excluding hydrogens is 323 g/mol. The lowest BCUT2D eigenvalue weighted by Gasteiger charge is -2.19. The number of alkyl carbamates (subject to hydrolysis) is 1. The Morgan fingerprint density at radius 2 is 1.92 bits per heavy atom. The fourth-order valence-electron chi connectivity index (χ4n) is 1.66. The molecule has 0 bridgehead atoms. The molecule has 4 nitrogen and oxygen atoms in total. The van der Waals surface area contributed by atoms with E-state index in [1.165, 1.54) is 6.07 Å². The normalized spacial score (nSPS) is 11.3. The monoisotopic (exact) mass is 343 g/mol. The van der Waals surface area contributed by atoms with Gasteiger partial charge in [-0.1, -0.05) is 11.8 Å². The first-order chi connectivity index (χ1) is 11.0. The van der Waals surface area contributed by atoms with Gasteiger partial charge in [0.25, 0.3) is 0 Å². The van der Waals surface area contributed by atoms with Crippen LogP contribution in [0.5, 0.6) is 5.75 Å². The van der Waals surface area contributed by atoms with Crippen LogP contribution in [0.4, 0.5) is 18.0 Å². The molecule has 1 aromatic carbocycles. The van der Waals surface area contributed by atoms with E-state index >= 15 is 0 Å². The van der Waals surface area contributed by atoms with Crippen molar-refractivity contribution in [1.82, 2.24) is 5.32 Å².